The van der Waals surface area contributed by atoms with Crippen LogP contribution in [0, 0.1) is 0 Å². The molecule has 1 aromatic heterocycles. The van der Waals surface area contributed by atoms with Gasteiger partial charge in [0.05, 0.1) is 13.2 Å². The second-order valence-corrected chi connectivity index (χ2v) is 6.55. The third kappa shape index (κ3) is 2.02. The Bertz CT molecular complexity index is 448. The number of fused-ring (bicyclic) bond motifs is 1. The lowest BCUT2D eigenvalue weighted by atomic mass is 10.2. The smallest absolute Gasteiger partial charge is 0.241 e. The monoisotopic (exact) mass is 336 g/mol. The number of hydrogen-bond donors (Lipinski definition) is 1. The summed E-state index contributed by atoms with van der Waals surface area (Å²) in [5, 5.41) is 2.99. The van der Waals surface area contributed by atoms with E-state index in [1.54, 1.807) is 0 Å². The van der Waals surface area contributed by atoms with Crippen molar-refractivity contribution in [3.05, 3.63) is 19.8 Å². The van der Waals surface area contributed by atoms with Crippen molar-refractivity contribution in [1.29, 1.82) is 0 Å². The summed E-state index contributed by atoms with van der Waals surface area (Å²) < 4.78 is 6.93. The van der Waals surface area contributed by atoms with Gasteiger partial charge < -0.3 is 10.1 Å². The molecule has 0 radical (unpaired) electrons. The van der Waals surface area contributed by atoms with Crippen LogP contribution in [0.25, 0.3) is 0 Å². The standard InChI is InChI=1S/C10H10BrClN2O2S/c11-5-3-7(17-8(5)12)9-13-10(15)6-4-16-2-1-14(6)9/h3,6,9H,1-2,4H2,(H,13,15)/t6-,9+/m0/s1. The van der Waals surface area contributed by atoms with Gasteiger partial charge in [0.25, 0.3) is 0 Å². The highest BCUT2D eigenvalue weighted by Crippen LogP contribution is 2.38. The largest absolute Gasteiger partial charge is 0.378 e. The molecule has 2 atom stereocenters. The molecule has 92 valence electrons. The lowest BCUT2D eigenvalue weighted by Crippen LogP contribution is -2.44. The summed E-state index contributed by atoms with van der Waals surface area (Å²) in [7, 11) is 0. The number of ether oxygens (including phenoxy) is 1. The van der Waals surface area contributed by atoms with Gasteiger partial charge in [-0.3, -0.25) is 9.69 Å². The van der Waals surface area contributed by atoms with Gasteiger partial charge in [-0.15, -0.1) is 11.3 Å². The predicted molar refractivity (Wildman–Crippen MR) is 69.2 cm³/mol. The average Bonchev–Trinajstić information content (AvgIpc) is 2.82. The normalized spacial score (nSPS) is 29.2. The van der Waals surface area contributed by atoms with E-state index in [0.717, 1.165) is 15.9 Å². The Morgan fingerprint density at radius 2 is 2.47 bits per heavy atom. The highest BCUT2D eigenvalue weighted by molar-refractivity contribution is 9.10. The highest BCUT2D eigenvalue weighted by Gasteiger charge is 2.42. The molecule has 1 aromatic rings. The van der Waals surface area contributed by atoms with E-state index in [1.165, 1.54) is 11.3 Å². The zero-order chi connectivity index (χ0) is 12.0. The zero-order valence-corrected chi connectivity index (χ0v) is 11.9. The molecular formula is C10H10BrClN2O2S. The first-order chi connectivity index (χ1) is 8.16. The maximum Gasteiger partial charge on any atom is 0.241 e. The van der Waals surface area contributed by atoms with Crippen molar-refractivity contribution in [3.8, 4) is 0 Å². The number of thiophene rings is 1. The van der Waals surface area contributed by atoms with Gasteiger partial charge in [0, 0.05) is 15.9 Å². The van der Waals surface area contributed by atoms with Crippen LogP contribution < -0.4 is 5.32 Å². The number of nitrogens with zero attached hydrogens (tertiary/aromatic N) is 1. The summed E-state index contributed by atoms with van der Waals surface area (Å²) >= 11 is 10.9. The number of carbonyl (C=O) groups is 1. The maximum absolute atomic E-state index is 11.8. The number of halogens is 2. The van der Waals surface area contributed by atoms with Crippen LogP contribution in [0.4, 0.5) is 0 Å². The summed E-state index contributed by atoms with van der Waals surface area (Å²) in [6, 6.07) is 1.81. The van der Waals surface area contributed by atoms with Crippen molar-refractivity contribution >= 4 is 44.8 Å². The molecule has 2 aliphatic rings. The van der Waals surface area contributed by atoms with E-state index < -0.39 is 0 Å². The Labute approximate surface area is 116 Å². The van der Waals surface area contributed by atoms with Crippen LogP contribution in [0.2, 0.25) is 4.34 Å². The van der Waals surface area contributed by atoms with Crippen LogP contribution in [0.1, 0.15) is 11.0 Å². The third-order valence-corrected chi connectivity index (χ3v) is 5.54. The molecule has 17 heavy (non-hydrogen) atoms. The molecule has 0 aliphatic carbocycles. The Morgan fingerprint density at radius 1 is 1.65 bits per heavy atom. The molecule has 1 N–H and O–H groups in total. The molecule has 3 heterocycles. The molecule has 0 aromatic carbocycles. The van der Waals surface area contributed by atoms with Gasteiger partial charge in [0.2, 0.25) is 5.91 Å². The summed E-state index contributed by atoms with van der Waals surface area (Å²) in [5.41, 5.74) is 0. The van der Waals surface area contributed by atoms with Crippen molar-refractivity contribution in [2.24, 2.45) is 0 Å². The molecule has 0 spiro atoms. The van der Waals surface area contributed by atoms with Crippen LogP contribution in [-0.4, -0.2) is 36.6 Å². The molecule has 2 fully saturated rings. The summed E-state index contributed by atoms with van der Waals surface area (Å²) in [4.78, 5) is 15.0. The minimum Gasteiger partial charge on any atom is -0.378 e. The van der Waals surface area contributed by atoms with Crippen LogP contribution >= 0.6 is 38.9 Å². The van der Waals surface area contributed by atoms with Crippen LogP contribution in [0.3, 0.4) is 0 Å². The molecule has 0 saturated carbocycles. The number of nitrogens with one attached hydrogen (secondary N) is 1. The van der Waals surface area contributed by atoms with Crippen molar-refractivity contribution in [3.63, 3.8) is 0 Å². The Balaban J connectivity index is 1.90. The summed E-state index contributed by atoms with van der Waals surface area (Å²) in [6.07, 6.45) is -0.0646. The van der Waals surface area contributed by atoms with Gasteiger partial charge >= 0.3 is 0 Å². The van der Waals surface area contributed by atoms with E-state index in [9.17, 15) is 4.79 Å². The zero-order valence-electron chi connectivity index (χ0n) is 8.78. The second-order valence-electron chi connectivity index (χ2n) is 4.01. The lowest BCUT2D eigenvalue weighted by molar-refractivity contribution is -0.125. The summed E-state index contributed by atoms with van der Waals surface area (Å²) in [6.45, 7) is 1.91. The van der Waals surface area contributed by atoms with Crippen molar-refractivity contribution in [2.45, 2.75) is 12.2 Å². The lowest BCUT2D eigenvalue weighted by Gasteiger charge is -2.30. The maximum atomic E-state index is 11.8. The fourth-order valence-corrected chi connectivity index (χ4v) is 4.01. The number of morpholine rings is 1. The Kier molecular flexibility index (Phi) is 3.16. The third-order valence-electron chi connectivity index (χ3n) is 3.02. The first-order valence-corrected chi connectivity index (χ1v) is 7.24. The first-order valence-electron chi connectivity index (χ1n) is 5.25. The van der Waals surface area contributed by atoms with Gasteiger partial charge in [-0.2, -0.15) is 0 Å². The van der Waals surface area contributed by atoms with Gasteiger partial charge in [0.15, 0.2) is 0 Å². The van der Waals surface area contributed by atoms with Gasteiger partial charge in [-0.25, -0.2) is 0 Å². The van der Waals surface area contributed by atoms with E-state index in [0.29, 0.717) is 17.6 Å². The number of rotatable bonds is 1. The molecule has 0 unspecified atom stereocenters. The number of amides is 1. The SMILES string of the molecule is O=C1N[C@@H](c2cc(Br)c(Cl)s2)N2CCOC[C@@H]12. The number of carbonyl (C=O) groups excluding carboxylic acids is 1. The van der Waals surface area contributed by atoms with E-state index in [1.807, 2.05) is 6.07 Å². The number of hydrogen-bond acceptors (Lipinski definition) is 4. The van der Waals surface area contributed by atoms with Gasteiger partial charge in [0.1, 0.15) is 16.5 Å². The Morgan fingerprint density at radius 3 is 3.18 bits per heavy atom. The second kappa shape index (κ2) is 4.51. The fraction of sp³-hybridized carbons (Fsp3) is 0.500. The minimum absolute atomic E-state index is 0.0374. The first kappa shape index (κ1) is 11.9. The van der Waals surface area contributed by atoms with Crippen molar-refractivity contribution in [2.75, 3.05) is 19.8 Å². The molecular weight excluding hydrogens is 328 g/mol. The van der Waals surface area contributed by atoms with E-state index >= 15 is 0 Å². The van der Waals surface area contributed by atoms with Crippen molar-refractivity contribution < 1.29 is 9.53 Å². The van der Waals surface area contributed by atoms with E-state index in [4.69, 9.17) is 16.3 Å². The molecule has 0 bridgehead atoms. The molecule has 2 aliphatic heterocycles. The minimum atomic E-state index is -0.159. The summed E-state index contributed by atoms with van der Waals surface area (Å²) in [5.74, 6) is 0.0374. The molecule has 1 amide bonds. The van der Waals surface area contributed by atoms with E-state index in [-0.39, 0.29) is 18.1 Å². The predicted octanol–water partition coefficient (Wildman–Crippen LogP) is 1.99. The topological polar surface area (TPSA) is 41.6 Å². The fourth-order valence-electron chi connectivity index (χ4n) is 2.20. The van der Waals surface area contributed by atoms with Crippen LogP contribution in [0.5, 0.6) is 0 Å². The van der Waals surface area contributed by atoms with Crippen LogP contribution in [0.15, 0.2) is 10.5 Å². The Hall–Kier alpha value is -0.140. The quantitative estimate of drug-likeness (QED) is 0.852. The van der Waals surface area contributed by atoms with Crippen molar-refractivity contribution in [1.82, 2.24) is 10.2 Å². The van der Waals surface area contributed by atoms with E-state index in [2.05, 4.69) is 26.1 Å². The molecule has 2 saturated heterocycles. The average molecular weight is 338 g/mol. The molecule has 3 rings (SSSR count). The molecule has 4 nitrogen and oxygen atoms in total. The molecule has 7 heteroatoms. The van der Waals surface area contributed by atoms with Crippen LogP contribution in [-0.2, 0) is 9.53 Å². The highest BCUT2D eigenvalue weighted by atomic mass is 79.9. The van der Waals surface area contributed by atoms with Gasteiger partial charge in [-0.05, 0) is 22.0 Å². The van der Waals surface area contributed by atoms with Gasteiger partial charge in [-0.1, -0.05) is 11.6 Å².